The Morgan fingerprint density at radius 2 is 2.09 bits per heavy atom. The number of carbonyl (C=O) groups excluding carboxylic acids is 1. The van der Waals surface area contributed by atoms with Crippen molar-refractivity contribution in [2.75, 3.05) is 14.1 Å². The lowest BCUT2D eigenvalue weighted by molar-refractivity contribution is 0.191. The van der Waals surface area contributed by atoms with E-state index in [0.29, 0.717) is 12.1 Å². The monoisotopic (exact) mass is 305 g/mol. The number of urea groups is 1. The lowest BCUT2D eigenvalue weighted by Gasteiger charge is -2.34. The Hall–Kier alpha value is -1.56. The molecule has 0 bridgehead atoms. The van der Waals surface area contributed by atoms with Gasteiger partial charge in [0.1, 0.15) is 0 Å². The second-order valence-electron chi connectivity index (χ2n) is 6.91. The molecule has 122 valence electrons. The van der Waals surface area contributed by atoms with Gasteiger partial charge in [-0.05, 0) is 64.6 Å². The third kappa shape index (κ3) is 3.61. The van der Waals surface area contributed by atoms with Crippen molar-refractivity contribution in [3.8, 4) is 0 Å². The summed E-state index contributed by atoms with van der Waals surface area (Å²) in [6.07, 6.45) is 9.27. The molecule has 2 aliphatic rings. The summed E-state index contributed by atoms with van der Waals surface area (Å²) < 4.78 is 0. The molecule has 0 unspecified atom stereocenters. The van der Waals surface area contributed by atoms with Crippen LogP contribution in [0.15, 0.2) is 6.20 Å². The van der Waals surface area contributed by atoms with Crippen molar-refractivity contribution in [3.63, 3.8) is 0 Å². The molecule has 3 rings (SSSR count). The zero-order valence-electron chi connectivity index (χ0n) is 13.6. The van der Waals surface area contributed by atoms with E-state index < -0.39 is 0 Å². The number of rotatable bonds is 3. The molecule has 1 fully saturated rings. The molecule has 2 aliphatic carbocycles. The summed E-state index contributed by atoms with van der Waals surface area (Å²) in [4.78, 5) is 14.5. The minimum atomic E-state index is -0.0126. The SMILES string of the molecule is CN(C)[C@@H]1CCC[C@H](NC(=O)N[C@@H]2CCc3[nH]ncc3C2)C1. The van der Waals surface area contributed by atoms with Crippen molar-refractivity contribution in [1.29, 1.82) is 0 Å². The van der Waals surface area contributed by atoms with Crippen LogP contribution in [0.25, 0.3) is 0 Å². The smallest absolute Gasteiger partial charge is 0.315 e. The number of aromatic nitrogens is 2. The van der Waals surface area contributed by atoms with Crippen LogP contribution in [0.2, 0.25) is 0 Å². The number of hydrogen-bond donors (Lipinski definition) is 3. The Morgan fingerprint density at radius 1 is 1.27 bits per heavy atom. The molecule has 3 atom stereocenters. The third-order valence-electron chi connectivity index (χ3n) is 5.06. The van der Waals surface area contributed by atoms with Gasteiger partial charge in [0, 0.05) is 23.8 Å². The van der Waals surface area contributed by atoms with E-state index in [-0.39, 0.29) is 12.1 Å². The van der Waals surface area contributed by atoms with Gasteiger partial charge in [-0.1, -0.05) is 0 Å². The fourth-order valence-corrected chi connectivity index (χ4v) is 3.72. The number of H-pyrrole nitrogens is 1. The van der Waals surface area contributed by atoms with Crippen LogP contribution < -0.4 is 10.6 Å². The van der Waals surface area contributed by atoms with Gasteiger partial charge >= 0.3 is 6.03 Å². The predicted molar refractivity (Wildman–Crippen MR) is 85.8 cm³/mol. The standard InChI is InChI=1S/C16H27N5O/c1-21(2)14-5-3-4-12(9-14)18-16(22)19-13-6-7-15-11(8-13)10-17-20-15/h10,12-14H,3-9H2,1-2H3,(H,17,20)(H2,18,19,22)/t12-,13+,14+/m0/s1. The second-order valence-corrected chi connectivity index (χ2v) is 6.91. The number of nitrogens with zero attached hydrogens (tertiary/aromatic N) is 2. The van der Waals surface area contributed by atoms with Crippen LogP contribution in [-0.2, 0) is 12.8 Å². The molecule has 1 aromatic rings. The maximum atomic E-state index is 12.2. The second kappa shape index (κ2) is 6.69. The van der Waals surface area contributed by atoms with Crippen LogP contribution >= 0.6 is 0 Å². The van der Waals surface area contributed by atoms with Crippen LogP contribution in [0.5, 0.6) is 0 Å². The molecule has 0 aromatic carbocycles. The van der Waals surface area contributed by atoms with Crippen molar-refractivity contribution < 1.29 is 4.79 Å². The van der Waals surface area contributed by atoms with E-state index >= 15 is 0 Å². The van der Waals surface area contributed by atoms with Gasteiger partial charge in [0.2, 0.25) is 0 Å². The molecule has 6 heteroatoms. The molecular weight excluding hydrogens is 278 g/mol. The number of nitrogens with one attached hydrogen (secondary N) is 3. The van der Waals surface area contributed by atoms with Gasteiger partial charge in [0.25, 0.3) is 0 Å². The van der Waals surface area contributed by atoms with E-state index in [1.54, 1.807) is 0 Å². The Bertz CT molecular complexity index is 512. The normalized spacial score (nSPS) is 28.2. The van der Waals surface area contributed by atoms with Crippen molar-refractivity contribution in [1.82, 2.24) is 25.7 Å². The molecule has 0 spiro atoms. The molecule has 2 amide bonds. The molecule has 1 aromatic heterocycles. The van der Waals surface area contributed by atoms with Crippen molar-refractivity contribution >= 4 is 6.03 Å². The number of hydrogen-bond acceptors (Lipinski definition) is 3. The first-order valence-corrected chi connectivity index (χ1v) is 8.36. The average molecular weight is 305 g/mol. The molecule has 0 radical (unpaired) electrons. The van der Waals surface area contributed by atoms with E-state index in [1.165, 1.54) is 24.1 Å². The quantitative estimate of drug-likeness (QED) is 0.791. The maximum absolute atomic E-state index is 12.2. The van der Waals surface area contributed by atoms with Gasteiger partial charge in [-0.15, -0.1) is 0 Å². The molecule has 1 heterocycles. The molecule has 22 heavy (non-hydrogen) atoms. The van der Waals surface area contributed by atoms with Gasteiger partial charge in [-0.3, -0.25) is 5.10 Å². The highest BCUT2D eigenvalue weighted by Crippen LogP contribution is 2.22. The summed E-state index contributed by atoms with van der Waals surface area (Å²) in [6.45, 7) is 0. The Kier molecular flexibility index (Phi) is 4.66. The Morgan fingerprint density at radius 3 is 2.91 bits per heavy atom. The minimum Gasteiger partial charge on any atom is -0.335 e. The number of carbonyl (C=O) groups is 1. The van der Waals surface area contributed by atoms with E-state index in [4.69, 9.17) is 0 Å². The third-order valence-corrected chi connectivity index (χ3v) is 5.06. The van der Waals surface area contributed by atoms with E-state index in [2.05, 4.69) is 39.8 Å². The predicted octanol–water partition coefficient (Wildman–Crippen LogP) is 1.44. The Labute approximate surface area is 132 Å². The minimum absolute atomic E-state index is 0.0126. The van der Waals surface area contributed by atoms with Crippen LogP contribution in [0.1, 0.15) is 43.4 Å². The van der Waals surface area contributed by atoms with E-state index in [9.17, 15) is 4.79 Å². The highest BCUT2D eigenvalue weighted by Gasteiger charge is 2.26. The van der Waals surface area contributed by atoms with Crippen LogP contribution in [0.3, 0.4) is 0 Å². The molecule has 0 saturated heterocycles. The lowest BCUT2D eigenvalue weighted by Crippen LogP contribution is -2.50. The first-order valence-electron chi connectivity index (χ1n) is 8.36. The lowest BCUT2D eigenvalue weighted by atomic mass is 9.90. The van der Waals surface area contributed by atoms with Gasteiger partial charge < -0.3 is 15.5 Å². The fraction of sp³-hybridized carbons (Fsp3) is 0.750. The molecule has 3 N–H and O–H groups in total. The number of aromatic amines is 1. The zero-order chi connectivity index (χ0) is 15.5. The first kappa shape index (κ1) is 15.3. The number of amides is 2. The van der Waals surface area contributed by atoms with Gasteiger partial charge in [0.05, 0.1) is 6.20 Å². The maximum Gasteiger partial charge on any atom is 0.315 e. The van der Waals surface area contributed by atoms with Crippen LogP contribution in [0.4, 0.5) is 4.79 Å². The van der Waals surface area contributed by atoms with Crippen molar-refractivity contribution in [2.24, 2.45) is 0 Å². The summed E-state index contributed by atoms with van der Waals surface area (Å²) >= 11 is 0. The first-order chi connectivity index (χ1) is 10.6. The highest BCUT2D eigenvalue weighted by atomic mass is 16.2. The summed E-state index contributed by atoms with van der Waals surface area (Å²) in [5.41, 5.74) is 2.46. The summed E-state index contributed by atoms with van der Waals surface area (Å²) in [5.74, 6) is 0. The van der Waals surface area contributed by atoms with Crippen LogP contribution in [0, 0.1) is 0 Å². The van der Waals surface area contributed by atoms with Gasteiger partial charge in [-0.2, -0.15) is 5.10 Å². The summed E-state index contributed by atoms with van der Waals surface area (Å²) in [7, 11) is 4.25. The molecule has 0 aliphatic heterocycles. The Balaban J connectivity index is 1.47. The van der Waals surface area contributed by atoms with Gasteiger partial charge in [0.15, 0.2) is 0 Å². The zero-order valence-corrected chi connectivity index (χ0v) is 13.6. The van der Waals surface area contributed by atoms with Gasteiger partial charge in [-0.25, -0.2) is 4.79 Å². The fourth-order valence-electron chi connectivity index (χ4n) is 3.72. The topological polar surface area (TPSA) is 73.1 Å². The van der Waals surface area contributed by atoms with E-state index in [1.807, 2.05) is 6.20 Å². The van der Waals surface area contributed by atoms with Crippen molar-refractivity contribution in [2.45, 2.75) is 63.1 Å². The largest absolute Gasteiger partial charge is 0.335 e. The molecular formula is C16H27N5O. The molecule has 1 saturated carbocycles. The van der Waals surface area contributed by atoms with E-state index in [0.717, 1.165) is 32.1 Å². The number of fused-ring (bicyclic) bond motifs is 1. The average Bonchev–Trinajstić information content (AvgIpc) is 2.95. The van der Waals surface area contributed by atoms with Crippen LogP contribution in [-0.4, -0.2) is 53.3 Å². The molecule has 6 nitrogen and oxygen atoms in total. The number of aryl methyl sites for hydroxylation is 1. The summed E-state index contributed by atoms with van der Waals surface area (Å²) in [6, 6.07) is 1.09. The highest BCUT2D eigenvalue weighted by molar-refractivity contribution is 5.74. The van der Waals surface area contributed by atoms with Crippen molar-refractivity contribution in [3.05, 3.63) is 17.5 Å². The summed E-state index contributed by atoms with van der Waals surface area (Å²) in [5, 5.41) is 13.4.